The van der Waals surface area contributed by atoms with Crippen molar-refractivity contribution in [3.05, 3.63) is 179 Å². The van der Waals surface area contributed by atoms with E-state index in [-0.39, 0.29) is 35.2 Å². The van der Waals surface area contributed by atoms with Crippen LogP contribution in [0.3, 0.4) is 0 Å². The molecular weight excluding hydrogens is 1650 g/mol. The van der Waals surface area contributed by atoms with Gasteiger partial charge in [-0.15, -0.1) is 0 Å². The average molecular weight is 1790 g/mol. The minimum atomic E-state index is -0.0870. The maximum atomic E-state index is 5.95. The normalized spacial score (nSPS) is 26.0. The maximum absolute atomic E-state index is 5.95. The fourth-order valence-electron chi connectivity index (χ4n) is 14.7. The Hall–Kier alpha value is -7.82. The molecule has 0 saturated carbocycles. The van der Waals surface area contributed by atoms with Crippen LogP contribution in [-0.2, 0) is 95.4 Å². The van der Waals surface area contributed by atoms with Crippen molar-refractivity contribution in [2.24, 2.45) is 5.41 Å². The molecule has 7 aromatic carbocycles. The Morgan fingerprint density at radius 3 is 0.721 bits per heavy atom. The van der Waals surface area contributed by atoms with Gasteiger partial charge in [-0.05, 0) is 187 Å². The van der Waals surface area contributed by atoms with Crippen molar-refractivity contribution in [1.29, 1.82) is 0 Å². The van der Waals surface area contributed by atoms with Gasteiger partial charge in [-0.2, -0.15) is 0 Å². The lowest BCUT2D eigenvalue weighted by Gasteiger charge is -2.26. The molecule has 15 unspecified atom stereocenters. The van der Waals surface area contributed by atoms with Crippen molar-refractivity contribution in [3.63, 3.8) is 0 Å². The SMILES string of the molecule is C(COCC1CO1)COCC1CO1.CC(C)(COCC1CO1)COCC1CO1.CC(C)(c1ccc(OCC2CO2)cc1)c1ccc(OCC2CO2)cc1.Cc1cc(-c2cc(C)c(OCC3CO3)c(C)c2)cc(C)c1OCC1CO1.c1cc(N(CC2CO2)CC2CO2)ccc1-c1ccc(N(CC2CO2)CC2CO2)cc1.c1cc(N(CC2CO2)CC2CO2)ccc1OCC1CO1. The summed E-state index contributed by atoms with van der Waals surface area (Å²) in [5.41, 5.74) is 15.7. The topological polar surface area (TPSA) is 281 Å². The van der Waals surface area contributed by atoms with Crippen LogP contribution >= 0.6 is 0 Å². The fraction of sp³-hybridized carbons (Fsp3) is 0.588. The molecule has 7 aromatic rings. The van der Waals surface area contributed by atoms with Crippen molar-refractivity contribution in [2.75, 3.05) is 239 Å². The first kappa shape index (κ1) is 93.0. The summed E-state index contributed by atoms with van der Waals surface area (Å²) in [6.45, 7) is 44.7. The zero-order chi connectivity index (χ0) is 88.5. The molecule has 129 heavy (non-hydrogen) atoms. The van der Waals surface area contributed by atoms with E-state index in [0.29, 0.717) is 100 Å². The number of epoxide rings is 15. The van der Waals surface area contributed by atoms with Crippen molar-refractivity contribution < 1.29 is 114 Å². The second-order valence-corrected chi connectivity index (χ2v) is 37.4. The summed E-state index contributed by atoms with van der Waals surface area (Å²) in [6, 6.07) is 51.5. The van der Waals surface area contributed by atoms with Crippen molar-refractivity contribution in [3.8, 4) is 51.0 Å². The Labute approximate surface area is 760 Å². The molecule has 0 aromatic heterocycles. The molecule has 700 valence electrons. The zero-order valence-electron chi connectivity index (χ0n) is 76.4. The van der Waals surface area contributed by atoms with Crippen LogP contribution in [0, 0.1) is 33.1 Å². The molecular formula is C102H133N3O24. The molecule has 15 aliphatic heterocycles. The molecule has 0 N–H and O–H groups in total. The minimum Gasteiger partial charge on any atom is -0.491 e. The van der Waals surface area contributed by atoms with Gasteiger partial charge in [0.05, 0.1) is 175 Å². The molecule has 27 heteroatoms. The van der Waals surface area contributed by atoms with E-state index < -0.39 is 0 Å². The molecule has 27 nitrogen and oxygen atoms in total. The summed E-state index contributed by atoms with van der Waals surface area (Å²) in [5.74, 6) is 4.63. The summed E-state index contributed by atoms with van der Waals surface area (Å²) < 4.78 is 129. The molecule has 0 bridgehead atoms. The van der Waals surface area contributed by atoms with Crippen LogP contribution in [-0.4, -0.2) is 316 Å². The number of nitrogens with zero attached hydrogens (tertiary/aromatic N) is 3. The summed E-state index contributed by atoms with van der Waals surface area (Å²) >= 11 is 0. The van der Waals surface area contributed by atoms with E-state index in [9.17, 15) is 0 Å². The summed E-state index contributed by atoms with van der Waals surface area (Å²) in [6.07, 6.45) is 6.08. The molecule has 0 aliphatic carbocycles. The second kappa shape index (κ2) is 44.8. The number of aryl methyl sites for hydroxylation is 4. The fourth-order valence-corrected chi connectivity index (χ4v) is 14.7. The van der Waals surface area contributed by atoms with Crippen LogP contribution < -0.4 is 38.4 Å². The van der Waals surface area contributed by atoms with Gasteiger partial charge < -0.3 is 128 Å². The predicted octanol–water partition coefficient (Wildman–Crippen LogP) is 12.4. The Balaban J connectivity index is 0.000000111. The van der Waals surface area contributed by atoms with E-state index >= 15 is 0 Å². The standard InChI is InChI=1S/C24H28N2O4.C22H26O4.C21H24O4.C15H19NO4.C11H20O4.C9H16O4/c1-5-19(25(9-21-13-27-21)10-22-14-28-22)6-2-17(1)18-3-7-20(8-4-18)26(11-23-15-29-23)12-24-16-30-24;1-13-5-17(6-14(2)21(13)25-11-19-9-23-19)18-7-15(3)22(16(4)8-18)26-12-20-10-24-20;1-21(2,15-3-7-17(8-4-15)22-11-19-13-24-19)16-5-9-18(10-6-16)23-12-20-14-25-20;1-3-12(17-9-15-10-20-15)4-2-11(1)16(5-13-7-18-13)6-14-8-19-14;1-11(2,7-12-3-9-5-14-9)8-13-4-10-6-15-10;1(2-10-4-8-6-12-8)3-11-5-9-7-13-9/h1-8,21-24H,9-16H2;5-8,19-20H,9-12H2,1-4H3;3-10,19-20H,11-14H2,1-2H3;1-4,13-15H,5-10H2;9-10H,3-8H2,1-2H3;8-9H,1-7H2. The van der Waals surface area contributed by atoms with Crippen LogP contribution in [0.2, 0.25) is 0 Å². The lowest BCUT2D eigenvalue weighted by molar-refractivity contribution is -0.0101. The van der Waals surface area contributed by atoms with Gasteiger partial charge in [0.1, 0.15) is 117 Å². The quantitative estimate of drug-likeness (QED) is 0.0253. The van der Waals surface area contributed by atoms with Gasteiger partial charge in [0, 0.05) is 80.4 Å². The summed E-state index contributed by atoms with van der Waals surface area (Å²) in [7, 11) is 0. The minimum absolute atomic E-state index is 0.0732. The van der Waals surface area contributed by atoms with Crippen molar-refractivity contribution in [1.82, 2.24) is 0 Å². The molecule has 15 saturated heterocycles. The van der Waals surface area contributed by atoms with E-state index in [2.05, 4.69) is 179 Å². The zero-order valence-corrected chi connectivity index (χ0v) is 76.4. The van der Waals surface area contributed by atoms with Gasteiger partial charge in [-0.25, -0.2) is 0 Å². The van der Waals surface area contributed by atoms with E-state index in [4.69, 9.17) is 114 Å². The molecule has 15 fully saturated rings. The Morgan fingerprint density at radius 1 is 0.256 bits per heavy atom. The highest BCUT2D eigenvalue weighted by Gasteiger charge is 2.37. The van der Waals surface area contributed by atoms with Gasteiger partial charge in [0.25, 0.3) is 0 Å². The third-order valence-electron chi connectivity index (χ3n) is 23.9. The van der Waals surface area contributed by atoms with Gasteiger partial charge in [0.2, 0.25) is 0 Å². The lowest BCUT2D eigenvalue weighted by Crippen LogP contribution is -2.31. The molecule has 15 atom stereocenters. The highest BCUT2D eigenvalue weighted by molar-refractivity contribution is 5.71. The first-order valence-corrected chi connectivity index (χ1v) is 46.6. The molecule has 0 spiro atoms. The van der Waals surface area contributed by atoms with Crippen molar-refractivity contribution in [2.45, 2.75) is 159 Å². The Kier molecular flexibility index (Phi) is 32.3. The van der Waals surface area contributed by atoms with E-state index in [0.717, 1.165) is 249 Å². The highest BCUT2D eigenvalue weighted by atomic mass is 16.6. The Morgan fingerprint density at radius 2 is 0.473 bits per heavy atom. The average Bonchev–Trinajstić information content (AvgIpc) is 1.20. The highest BCUT2D eigenvalue weighted by Crippen LogP contribution is 2.39. The van der Waals surface area contributed by atoms with Gasteiger partial charge >= 0.3 is 0 Å². The smallest absolute Gasteiger partial charge is 0.125 e. The van der Waals surface area contributed by atoms with Gasteiger partial charge in [-0.3, -0.25) is 0 Å². The third kappa shape index (κ3) is 33.4. The second-order valence-electron chi connectivity index (χ2n) is 37.4. The van der Waals surface area contributed by atoms with E-state index in [1.165, 1.54) is 50.4 Å². The monoisotopic (exact) mass is 1780 g/mol. The van der Waals surface area contributed by atoms with Gasteiger partial charge in [-0.1, -0.05) is 76.2 Å². The van der Waals surface area contributed by atoms with Gasteiger partial charge in [0.15, 0.2) is 0 Å². The number of ether oxygens (including phenoxy) is 24. The number of hydrogen-bond donors (Lipinski definition) is 0. The first-order chi connectivity index (χ1) is 62.9. The molecule has 15 aliphatic rings. The number of hydrogen-bond acceptors (Lipinski definition) is 27. The molecule has 15 heterocycles. The van der Waals surface area contributed by atoms with E-state index in [1.807, 2.05) is 36.4 Å². The molecule has 0 radical (unpaired) electrons. The Bertz CT molecular complexity index is 4240. The van der Waals surface area contributed by atoms with E-state index in [1.54, 1.807) is 0 Å². The largest absolute Gasteiger partial charge is 0.491 e. The first-order valence-electron chi connectivity index (χ1n) is 46.6. The number of anilines is 3. The summed E-state index contributed by atoms with van der Waals surface area (Å²) in [5, 5.41) is 0. The number of benzene rings is 7. The van der Waals surface area contributed by atoms with Crippen LogP contribution in [0.25, 0.3) is 22.3 Å². The maximum Gasteiger partial charge on any atom is 0.125 e. The number of rotatable bonds is 50. The van der Waals surface area contributed by atoms with Crippen LogP contribution in [0.5, 0.6) is 28.7 Å². The molecule has 0 amide bonds. The third-order valence-corrected chi connectivity index (χ3v) is 23.9. The summed E-state index contributed by atoms with van der Waals surface area (Å²) in [4.78, 5) is 7.11. The predicted molar refractivity (Wildman–Crippen MR) is 486 cm³/mol. The molecule has 22 rings (SSSR count). The van der Waals surface area contributed by atoms with Crippen LogP contribution in [0.1, 0.15) is 67.5 Å². The lowest BCUT2D eigenvalue weighted by atomic mass is 9.78. The van der Waals surface area contributed by atoms with Crippen molar-refractivity contribution >= 4 is 17.1 Å². The van der Waals surface area contributed by atoms with Crippen LogP contribution in [0.15, 0.2) is 146 Å². The van der Waals surface area contributed by atoms with Crippen LogP contribution in [0.4, 0.5) is 17.1 Å².